The normalized spacial score (nSPS) is 4.25. The number of carbonyl (C=O) groups is 1. The van der Waals surface area contributed by atoms with Gasteiger partial charge in [-0.15, -0.1) is 0 Å². The van der Waals surface area contributed by atoms with Crippen molar-refractivity contribution in [2.75, 3.05) is 0 Å². The molecule has 52 valence electrons. The third kappa shape index (κ3) is 255. The smallest absolute Gasteiger partial charge is 0.652 e. The Bertz CT molecular complexity index is 71.8. The zero-order valence-electron chi connectivity index (χ0n) is 6.25. The van der Waals surface area contributed by atoms with Gasteiger partial charge in [-0.05, 0) is 6.16 Å². The van der Waals surface area contributed by atoms with Gasteiger partial charge >= 0.3 is 115 Å². The van der Waals surface area contributed by atoms with Crippen LogP contribution < -0.4 is 69.3 Å². The summed E-state index contributed by atoms with van der Waals surface area (Å²) < 4.78 is 28.8. The number of hydrogen-bond acceptors (Lipinski definition) is 3. The van der Waals surface area contributed by atoms with Crippen LogP contribution in [0.3, 0.4) is 0 Å². The molecule has 0 rings (SSSR count). The van der Waals surface area contributed by atoms with Crippen LogP contribution in [0.5, 0.6) is 0 Å². The van der Waals surface area contributed by atoms with Crippen molar-refractivity contribution in [3.8, 4) is 0 Å². The zero-order chi connectivity index (χ0) is 7.15. The fraction of sp³-hybridized carbons (Fsp3) is 0. The van der Waals surface area contributed by atoms with E-state index in [1.807, 2.05) is 0 Å². The van der Waals surface area contributed by atoms with Crippen molar-refractivity contribution in [3.05, 3.63) is 6.68 Å². The Morgan fingerprint density at radius 1 is 1.00 bits per heavy atom. The monoisotopic (exact) mass is 417 g/mol. The van der Waals surface area contributed by atoms with Crippen LogP contribution >= 0.6 is 0 Å². The number of carboxylic acid groups (broad SMARTS) is 2. The summed E-state index contributed by atoms with van der Waals surface area (Å²) >= 11 is 0. The van der Waals surface area contributed by atoms with E-state index in [4.69, 9.17) is 15.0 Å². The molecule has 10 heteroatoms. The predicted octanol–water partition coefficient (Wildman–Crippen LogP) is -7.86. The summed E-state index contributed by atoms with van der Waals surface area (Å²) in [6.45, 7) is -3.08. The molecule has 0 aromatic carbocycles. The van der Waals surface area contributed by atoms with Gasteiger partial charge in [0.05, 0.1) is 13.2 Å². The maximum atomic E-state index is 9.58. The van der Waals surface area contributed by atoms with Crippen LogP contribution in [-0.4, -0.2) is 55.0 Å². The number of carbonyl (C=O) groups excluding carboxylic acids is 1. The minimum atomic E-state index is -3.08. The van der Waals surface area contributed by atoms with Gasteiger partial charge in [0.15, 0.2) is 0 Å². The number of rotatable bonds is 0. The van der Waals surface area contributed by atoms with E-state index >= 15 is 0 Å². The molecule has 0 saturated carbocycles. The van der Waals surface area contributed by atoms with Crippen LogP contribution in [0.1, 0.15) is 0 Å². The molecule has 0 fully saturated rings. The van der Waals surface area contributed by atoms with E-state index in [2.05, 4.69) is 0 Å². The van der Waals surface area contributed by atoms with E-state index in [9.17, 15) is 13.2 Å². The van der Waals surface area contributed by atoms with Crippen molar-refractivity contribution in [2.24, 2.45) is 0 Å². The Labute approximate surface area is 146 Å². The first-order valence-electron chi connectivity index (χ1n) is 1.18. The summed E-state index contributed by atoms with van der Waals surface area (Å²) in [4.78, 5) is 8.33. The Morgan fingerprint density at radius 3 is 1.00 bits per heavy atom. The molecule has 4 radical (unpaired) electrons. The van der Waals surface area contributed by atoms with Gasteiger partial charge in [-0.2, -0.15) is 0 Å². The molecule has 0 N–H and O–H groups in total. The number of halogens is 3. The molecule has 0 heterocycles. The third-order valence-electron chi connectivity index (χ3n) is 0. The fourth-order valence-electron chi connectivity index (χ4n) is 0. The van der Waals surface area contributed by atoms with E-state index in [1.54, 1.807) is 0 Å². The van der Waals surface area contributed by atoms with Crippen molar-refractivity contribution < 1.29 is 87.3 Å². The van der Waals surface area contributed by atoms with Gasteiger partial charge in [0.25, 0.3) is 0 Å². The predicted molar refractivity (Wildman–Crippen MR) is 23.5 cm³/mol. The molecular formula is C2F3Na2O3Sb2+7. The van der Waals surface area contributed by atoms with Gasteiger partial charge in [-0.3, -0.25) is 0 Å². The quantitative estimate of drug-likeness (QED) is 0.290. The molecule has 0 aromatic rings. The first kappa shape index (κ1) is 36.5. The van der Waals surface area contributed by atoms with Crippen LogP contribution in [0.4, 0.5) is 18.0 Å². The molecular weight excluding hydrogens is 419 g/mol. The zero-order valence-corrected chi connectivity index (χ0v) is 15.4. The molecule has 0 aliphatic heterocycles. The average Bonchev–Trinajstić information content (AvgIpc) is 1.25. The largest absolute Gasteiger partial charge is 3.00 e. The Kier molecular flexibility index (Phi) is 88.9. The van der Waals surface area contributed by atoms with E-state index < -0.39 is 12.8 Å². The van der Waals surface area contributed by atoms with Gasteiger partial charge in [-0.1, -0.05) is 0 Å². The second-order valence-electron chi connectivity index (χ2n) is 0.464. The molecule has 0 aliphatic carbocycles. The van der Waals surface area contributed by atoms with Gasteiger partial charge < -0.3 is 15.0 Å². The summed E-state index contributed by atoms with van der Waals surface area (Å²) in [7, 11) is 0. The van der Waals surface area contributed by atoms with Crippen LogP contribution in [0.25, 0.3) is 0 Å². The molecule has 3 nitrogen and oxygen atoms in total. The molecule has 0 spiro atoms. The third-order valence-corrected chi connectivity index (χ3v) is 0. The summed E-state index contributed by atoms with van der Waals surface area (Å²) in [6, 6.07) is 0. The minimum Gasteiger partial charge on any atom is -0.652 e. The van der Waals surface area contributed by atoms with E-state index in [0.717, 1.165) is 0 Å². The van der Waals surface area contributed by atoms with Crippen LogP contribution in [-0.2, 0) is 0 Å². The molecule has 0 atom stereocenters. The summed E-state index contributed by atoms with van der Waals surface area (Å²) in [6.07, 6.45) is -2.33. The van der Waals surface area contributed by atoms with Gasteiger partial charge in [-0.25, -0.2) is 0 Å². The summed E-state index contributed by atoms with van der Waals surface area (Å²) in [5.41, 5.74) is 0. The molecule has 0 bridgehead atoms. The van der Waals surface area contributed by atoms with Crippen LogP contribution in [0.2, 0.25) is 0 Å². The molecule has 0 unspecified atom stereocenters. The van der Waals surface area contributed by atoms with Crippen molar-refractivity contribution in [2.45, 2.75) is 0 Å². The Hall–Kier alpha value is 2.57. The second-order valence-corrected chi connectivity index (χ2v) is 0.464. The van der Waals surface area contributed by atoms with Gasteiger partial charge in [0, 0.05) is 0 Å². The Balaban J connectivity index is -0.0000000112. The second kappa shape index (κ2) is 29.2. The van der Waals surface area contributed by atoms with E-state index in [1.165, 1.54) is 0 Å². The standard InChI is InChI=1S/CF3.CH2O3.2Na.2Sb/c2*2-1(3)4;;;;/h;(H2,2,3,4);;;;/q+1;;2*+1;2*+3/p-2. The molecule has 0 aromatic heterocycles. The SMILES string of the molecule is F[C+](F)F.O=C([O-])[O-].[Na+].[Na+].[Sb+3].[Sb+3]. The van der Waals surface area contributed by atoms with Crippen molar-refractivity contribution in [3.63, 3.8) is 0 Å². The first-order valence-corrected chi connectivity index (χ1v) is 1.18. The summed E-state index contributed by atoms with van der Waals surface area (Å²) in [5.74, 6) is 0. The van der Waals surface area contributed by atoms with E-state index in [0.29, 0.717) is 0 Å². The topological polar surface area (TPSA) is 63.2 Å². The fourth-order valence-corrected chi connectivity index (χ4v) is 0. The maximum absolute atomic E-state index is 9.58. The Morgan fingerprint density at radius 2 is 1.00 bits per heavy atom. The van der Waals surface area contributed by atoms with Gasteiger partial charge in [0.1, 0.15) is 0 Å². The van der Waals surface area contributed by atoms with Crippen molar-refractivity contribution in [1.29, 1.82) is 0 Å². The van der Waals surface area contributed by atoms with Crippen molar-refractivity contribution in [1.82, 2.24) is 0 Å². The van der Waals surface area contributed by atoms with Crippen LogP contribution in [0, 0.1) is 6.68 Å². The molecule has 12 heavy (non-hydrogen) atoms. The molecule has 0 saturated heterocycles. The van der Waals surface area contributed by atoms with Crippen molar-refractivity contribution >= 4 is 55.0 Å². The molecule has 0 amide bonds. The first-order chi connectivity index (χ1) is 3.46. The summed E-state index contributed by atoms with van der Waals surface area (Å²) in [5, 5.41) is 16.7. The van der Waals surface area contributed by atoms with E-state index in [-0.39, 0.29) is 108 Å². The number of hydrogen-bond donors (Lipinski definition) is 0. The molecule has 0 aliphatic rings. The van der Waals surface area contributed by atoms with Crippen LogP contribution in [0.15, 0.2) is 0 Å². The maximum Gasteiger partial charge on any atom is 3.00 e. The minimum absolute atomic E-state index is 0. The average molecular weight is 419 g/mol. The van der Waals surface area contributed by atoms with Gasteiger partial charge in [0.2, 0.25) is 0 Å².